The first-order chi connectivity index (χ1) is 11.8. The molecule has 1 atom stereocenters. The summed E-state index contributed by atoms with van der Waals surface area (Å²) in [6.45, 7) is 10.0. The topological polar surface area (TPSA) is 45.7 Å². The van der Waals surface area contributed by atoms with Gasteiger partial charge in [-0.25, -0.2) is 9.10 Å². The summed E-state index contributed by atoms with van der Waals surface area (Å²) in [5.74, 6) is 0. The fourth-order valence-electron chi connectivity index (χ4n) is 2.82. The van der Waals surface area contributed by atoms with Gasteiger partial charge in [0.1, 0.15) is 5.60 Å². The maximum atomic E-state index is 12.2. The molecule has 1 aromatic heterocycles. The summed E-state index contributed by atoms with van der Waals surface area (Å²) < 4.78 is 7.82. The highest BCUT2D eigenvalue weighted by atomic mass is 32.2. The van der Waals surface area contributed by atoms with Crippen LogP contribution in [0.15, 0.2) is 41.6 Å². The minimum Gasteiger partial charge on any atom is -0.444 e. The zero-order chi connectivity index (χ0) is 18.0. The number of carbonyl (C=O) groups is 1. The molecule has 0 spiro atoms. The first-order valence-corrected chi connectivity index (χ1v) is 9.35. The second-order valence-electron chi connectivity index (χ2n) is 7.39. The van der Waals surface area contributed by atoms with Crippen molar-refractivity contribution in [2.45, 2.75) is 44.2 Å². The summed E-state index contributed by atoms with van der Waals surface area (Å²) in [5.41, 5.74) is -0.452. The molecule has 1 aromatic carbocycles. The third-order valence-electron chi connectivity index (χ3n) is 4.05. The minimum absolute atomic E-state index is 0.220. The maximum Gasteiger partial charge on any atom is 0.410 e. The normalized spacial score (nSPS) is 19.2. The van der Waals surface area contributed by atoms with Gasteiger partial charge in [-0.2, -0.15) is 0 Å². The van der Waals surface area contributed by atoms with Crippen molar-refractivity contribution < 1.29 is 9.53 Å². The maximum absolute atomic E-state index is 12.2. The van der Waals surface area contributed by atoms with Gasteiger partial charge in [0.25, 0.3) is 0 Å². The van der Waals surface area contributed by atoms with E-state index in [1.165, 1.54) is 10.3 Å². The summed E-state index contributed by atoms with van der Waals surface area (Å²) in [6.07, 6.45) is 3.48. The Bertz CT molecular complexity index is 760. The summed E-state index contributed by atoms with van der Waals surface area (Å²) >= 11 is 1.75. The van der Waals surface area contributed by atoms with E-state index in [0.29, 0.717) is 13.1 Å². The van der Waals surface area contributed by atoms with Gasteiger partial charge in [-0.05, 0) is 63.2 Å². The van der Waals surface area contributed by atoms with Crippen LogP contribution in [-0.4, -0.2) is 51.6 Å². The number of hydrogen-bond acceptors (Lipinski definition) is 5. The highest BCUT2D eigenvalue weighted by Gasteiger charge is 2.30. The van der Waals surface area contributed by atoms with Crippen LogP contribution >= 0.6 is 11.9 Å². The van der Waals surface area contributed by atoms with Crippen LogP contribution in [0.25, 0.3) is 10.8 Å². The van der Waals surface area contributed by atoms with E-state index in [1.807, 2.05) is 39.2 Å². The van der Waals surface area contributed by atoms with Crippen LogP contribution in [0.1, 0.15) is 27.7 Å². The van der Waals surface area contributed by atoms with Gasteiger partial charge in [-0.3, -0.25) is 4.98 Å². The van der Waals surface area contributed by atoms with Crippen molar-refractivity contribution in [1.29, 1.82) is 0 Å². The van der Waals surface area contributed by atoms with E-state index < -0.39 is 5.60 Å². The van der Waals surface area contributed by atoms with Crippen molar-refractivity contribution >= 4 is 28.8 Å². The van der Waals surface area contributed by atoms with Crippen LogP contribution in [0.4, 0.5) is 4.79 Å². The van der Waals surface area contributed by atoms with Crippen LogP contribution in [0, 0.1) is 0 Å². The first-order valence-electron chi connectivity index (χ1n) is 8.58. The van der Waals surface area contributed by atoms with Gasteiger partial charge in [0.15, 0.2) is 0 Å². The molecule has 2 heterocycles. The molecular formula is C19H25N3O2S. The number of rotatable bonds is 2. The predicted molar refractivity (Wildman–Crippen MR) is 102 cm³/mol. The molecule has 0 bridgehead atoms. The van der Waals surface area contributed by atoms with E-state index >= 15 is 0 Å². The average Bonchev–Trinajstić information content (AvgIpc) is 2.55. The van der Waals surface area contributed by atoms with Crippen LogP contribution in [-0.2, 0) is 4.74 Å². The second kappa shape index (κ2) is 7.22. The SMILES string of the molecule is C[C@H]1CN(C(=O)OC(C)(C)C)CCN1Sc1ccc2cnccc2c1. The molecule has 6 heteroatoms. The molecule has 0 saturated carbocycles. The van der Waals surface area contributed by atoms with Crippen LogP contribution < -0.4 is 0 Å². The van der Waals surface area contributed by atoms with E-state index in [-0.39, 0.29) is 12.1 Å². The Hall–Kier alpha value is -1.79. The first kappa shape index (κ1) is 18.0. The molecule has 5 nitrogen and oxygen atoms in total. The molecule has 0 unspecified atom stereocenters. The number of hydrogen-bond donors (Lipinski definition) is 0. The Morgan fingerprint density at radius 1 is 1.24 bits per heavy atom. The summed E-state index contributed by atoms with van der Waals surface area (Å²) in [4.78, 5) is 19.4. The van der Waals surface area contributed by atoms with Crippen molar-refractivity contribution in [1.82, 2.24) is 14.2 Å². The fraction of sp³-hybridized carbons (Fsp3) is 0.474. The van der Waals surface area contributed by atoms with Crippen molar-refractivity contribution in [2.24, 2.45) is 0 Å². The third-order valence-corrected chi connectivity index (χ3v) is 5.29. The number of benzene rings is 1. The molecule has 1 aliphatic heterocycles. The zero-order valence-corrected chi connectivity index (χ0v) is 16.0. The number of nitrogens with zero attached hydrogens (tertiary/aromatic N) is 3. The van der Waals surface area contributed by atoms with Gasteiger partial charge in [-0.15, -0.1) is 0 Å². The van der Waals surface area contributed by atoms with Gasteiger partial charge >= 0.3 is 6.09 Å². The van der Waals surface area contributed by atoms with Crippen molar-refractivity contribution in [3.63, 3.8) is 0 Å². The van der Waals surface area contributed by atoms with Gasteiger partial charge in [-0.1, -0.05) is 6.07 Å². The smallest absolute Gasteiger partial charge is 0.410 e. The Labute approximate surface area is 153 Å². The molecule has 2 aromatic rings. The van der Waals surface area contributed by atoms with E-state index in [4.69, 9.17) is 4.74 Å². The molecule has 0 aliphatic carbocycles. The van der Waals surface area contributed by atoms with E-state index in [0.717, 1.165) is 11.9 Å². The molecule has 0 N–H and O–H groups in total. The summed E-state index contributed by atoms with van der Waals surface area (Å²) in [7, 11) is 0. The number of pyridine rings is 1. The molecular weight excluding hydrogens is 334 g/mol. The lowest BCUT2D eigenvalue weighted by Crippen LogP contribution is -2.52. The standard InChI is InChI=1S/C19H25N3O2S/c1-14-13-21(18(23)24-19(2,3)4)9-10-22(14)25-17-6-5-16-12-20-8-7-15(16)11-17/h5-8,11-12,14H,9-10,13H2,1-4H3/t14-/m0/s1. The molecule has 0 radical (unpaired) electrons. The molecule has 134 valence electrons. The van der Waals surface area contributed by atoms with Crippen molar-refractivity contribution in [3.05, 3.63) is 36.7 Å². The fourth-order valence-corrected chi connectivity index (χ4v) is 3.82. The van der Waals surface area contributed by atoms with Crippen molar-refractivity contribution in [2.75, 3.05) is 19.6 Å². The molecule has 25 heavy (non-hydrogen) atoms. The molecule has 1 amide bonds. The van der Waals surface area contributed by atoms with Crippen LogP contribution in [0.5, 0.6) is 0 Å². The number of ether oxygens (including phenoxy) is 1. The number of carbonyl (C=O) groups excluding carboxylic acids is 1. The van der Waals surface area contributed by atoms with Gasteiger partial charge in [0.2, 0.25) is 0 Å². The van der Waals surface area contributed by atoms with E-state index in [1.54, 1.807) is 16.8 Å². The van der Waals surface area contributed by atoms with Gasteiger partial charge < -0.3 is 9.64 Å². The molecule has 1 fully saturated rings. The Kier molecular flexibility index (Phi) is 5.20. The number of piperazine rings is 1. The second-order valence-corrected chi connectivity index (χ2v) is 8.51. The van der Waals surface area contributed by atoms with E-state index in [9.17, 15) is 4.79 Å². The van der Waals surface area contributed by atoms with Crippen molar-refractivity contribution in [3.8, 4) is 0 Å². The lowest BCUT2D eigenvalue weighted by atomic mass is 10.2. The van der Waals surface area contributed by atoms with Crippen LogP contribution in [0.3, 0.4) is 0 Å². The zero-order valence-electron chi connectivity index (χ0n) is 15.2. The Morgan fingerprint density at radius 2 is 2.04 bits per heavy atom. The quantitative estimate of drug-likeness (QED) is 0.753. The monoisotopic (exact) mass is 359 g/mol. The third kappa shape index (κ3) is 4.64. The summed E-state index contributed by atoms with van der Waals surface area (Å²) in [6, 6.07) is 8.71. The molecule has 3 rings (SSSR count). The Balaban J connectivity index is 1.62. The Morgan fingerprint density at radius 3 is 2.76 bits per heavy atom. The number of fused-ring (bicyclic) bond motifs is 1. The lowest BCUT2D eigenvalue weighted by molar-refractivity contribution is 0.0151. The lowest BCUT2D eigenvalue weighted by Gasteiger charge is -2.39. The van der Waals surface area contributed by atoms with E-state index in [2.05, 4.69) is 34.4 Å². The van der Waals surface area contributed by atoms with Crippen LogP contribution in [0.2, 0.25) is 0 Å². The predicted octanol–water partition coefficient (Wildman–Crippen LogP) is 4.18. The summed E-state index contributed by atoms with van der Waals surface area (Å²) in [5, 5.41) is 2.34. The highest BCUT2D eigenvalue weighted by molar-refractivity contribution is 7.97. The number of amides is 1. The number of aromatic nitrogens is 1. The van der Waals surface area contributed by atoms with Gasteiger partial charge in [0.05, 0.1) is 0 Å². The minimum atomic E-state index is -0.452. The highest BCUT2D eigenvalue weighted by Crippen LogP contribution is 2.29. The molecule has 1 saturated heterocycles. The average molecular weight is 359 g/mol. The molecule has 1 aliphatic rings. The largest absolute Gasteiger partial charge is 0.444 e. The van der Waals surface area contributed by atoms with Gasteiger partial charge in [0, 0.05) is 48.4 Å².